The van der Waals surface area contributed by atoms with Crippen LogP contribution >= 0.6 is 27.5 Å². The van der Waals surface area contributed by atoms with Gasteiger partial charge in [-0.15, -0.1) is 0 Å². The zero-order valence-electron chi connectivity index (χ0n) is 15.6. The first-order valence-electron chi connectivity index (χ1n) is 9.22. The lowest BCUT2D eigenvalue weighted by molar-refractivity contribution is 0.0733. The highest BCUT2D eigenvalue weighted by molar-refractivity contribution is 9.10. The number of benzene rings is 2. The van der Waals surface area contributed by atoms with Gasteiger partial charge >= 0.3 is 0 Å². The third-order valence-corrected chi connectivity index (χ3v) is 5.75. The largest absolute Gasteiger partial charge is 0.350 e. The molecule has 0 unspecified atom stereocenters. The van der Waals surface area contributed by atoms with Crippen molar-refractivity contribution in [2.24, 2.45) is 0 Å². The lowest BCUT2D eigenvalue weighted by Crippen LogP contribution is -2.33. The van der Waals surface area contributed by atoms with Crippen LogP contribution in [0.3, 0.4) is 0 Å². The van der Waals surface area contributed by atoms with E-state index in [4.69, 9.17) is 11.6 Å². The second kappa shape index (κ2) is 8.00. The summed E-state index contributed by atoms with van der Waals surface area (Å²) in [6, 6.07) is 12.7. The number of amides is 1. The first-order valence-corrected chi connectivity index (χ1v) is 10.4. The maximum absolute atomic E-state index is 13.3. The Labute approximate surface area is 180 Å². The number of nitrogens with zero attached hydrogens (tertiary/aromatic N) is 2. The molecule has 8 heteroatoms. The number of carbonyl (C=O) groups is 1. The summed E-state index contributed by atoms with van der Waals surface area (Å²) in [5, 5.41) is 1.91. The van der Waals surface area contributed by atoms with Crippen molar-refractivity contribution in [2.75, 3.05) is 6.54 Å². The minimum Gasteiger partial charge on any atom is -0.350 e. The molecule has 6 nitrogen and oxygen atoms in total. The second-order valence-corrected chi connectivity index (χ2v) is 7.99. The van der Waals surface area contributed by atoms with Crippen molar-refractivity contribution in [2.45, 2.75) is 19.9 Å². The van der Waals surface area contributed by atoms with E-state index in [-0.39, 0.29) is 18.0 Å². The predicted octanol–water partition coefficient (Wildman–Crippen LogP) is 4.87. The molecule has 1 amide bonds. The fraction of sp³-hybridized carbons (Fsp3) is 0.190. The Bertz CT molecular complexity index is 1280. The van der Waals surface area contributed by atoms with E-state index in [9.17, 15) is 9.59 Å². The molecule has 2 aromatic heterocycles. The summed E-state index contributed by atoms with van der Waals surface area (Å²) in [7, 11) is 0. The van der Waals surface area contributed by atoms with Gasteiger partial charge in [0.15, 0.2) is 0 Å². The molecule has 0 saturated carbocycles. The molecule has 0 fully saturated rings. The van der Waals surface area contributed by atoms with Gasteiger partial charge in [-0.05, 0) is 46.6 Å². The van der Waals surface area contributed by atoms with Gasteiger partial charge in [-0.3, -0.25) is 9.59 Å². The molecule has 2 aromatic carbocycles. The number of para-hydroxylation sites is 1. The second-order valence-electron chi connectivity index (χ2n) is 6.76. The van der Waals surface area contributed by atoms with Crippen LogP contribution in [0.15, 0.2) is 51.7 Å². The highest BCUT2D eigenvalue weighted by Gasteiger charge is 2.22. The first-order chi connectivity index (χ1) is 14.0. The Morgan fingerprint density at radius 3 is 2.72 bits per heavy atom. The minimum absolute atomic E-state index is 0.163. The van der Waals surface area contributed by atoms with Gasteiger partial charge in [0.2, 0.25) is 0 Å². The van der Waals surface area contributed by atoms with Gasteiger partial charge in [-0.2, -0.15) is 0 Å². The maximum atomic E-state index is 13.3. The Hall–Kier alpha value is -2.64. The molecule has 0 aliphatic heterocycles. The average molecular weight is 474 g/mol. The number of hydrogen-bond donors (Lipinski definition) is 2. The van der Waals surface area contributed by atoms with E-state index in [1.807, 2.05) is 31.2 Å². The van der Waals surface area contributed by atoms with Crippen molar-refractivity contribution in [3.05, 3.63) is 73.8 Å². The number of H-pyrrole nitrogens is 2. The van der Waals surface area contributed by atoms with Crippen LogP contribution in [0, 0.1) is 0 Å². The normalized spacial score (nSPS) is 11.3. The van der Waals surface area contributed by atoms with Crippen molar-refractivity contribution in [3.8, 4) is 0 Å². The highest BCUT2D eigenvalue weighted by Crippen LogP contribution is 2.29. The van der Waals surface area contributed by atoms with Crippen LogP contribution in [0.5, 0.6) is 0 Å². The molecule has 0 spiro atoms. The van der Waals surface area contributed by atoms with E-state index in [1.54, 1.807) is 23.1 Å². The van der Waals surface area contributed by atoms with Crippen LogP contribution in [0.2, 0.25) is 5.02 Å². The molecule has 0 atom stereocenters. The van der Waals surface area contributed by atoms with Gasteiger partial charge in [-0.1, -0.05) is 36.7 Å². The van der Waals surface area contributed by atoms with Crippen LogP contribution in [0.1, 0.15) is 29.7 Å². The van der Waals surface area contributed by atoms with Crippen molar-refractivity contribution in [1.29, 1.82) is 0 Å². The topological polar surface area (TPSA) is 81.8 Å². The Morgan fingerprint density at radius 2 is 1.97 bits per heavy atom. The zero-order valence-corrected chi connectivity index (χ0v) is 18.0. The Balaban J connectivity index is 1.70. The lowest BCUT2D eigenvalue weighted by Gasteiger charge is -2.21. The van der Waals surface area contributed by atoms with Gasteiger partial charge in [-0.25, -0.2) is 4.98 Å². The predicted molar refractivity (Wildman–Crippen MR) is 118 cm³/mol. The fourth-order valence-corrected chi connectivity index (χ4v) is 4.13. The SMILES string of the molecule is CCCN(Cc1nc2cc(Cl)ccc2c(=O)[nH]1)C(=O)c1[nH]c2ccccc2c1Br. The monoisotopic (exact) mass is 472 g/mol. The van der Waals surface area contributed by atoms with Gasteiger partial charge in [0.25, 0.3) is 11.5 Å². The standard InChI is InChI=1S/C21H18BrClN4O2/c1-2-9-27(21(29)19-18(22)13-5-3-4-6-15(13)25-19)11-17-24-16-10-12(23)7-8-14(16)20(28)26-17/h3-8,10,25H,2,9,11H2,1H3,(H,24,26,28). The van der Waals surface area contributed by atoms with Crippen molar-refractivity contribution >= 4 is 55.2 Å². The molecule has 2 heterocycles. The number of carbonyl (C=O) groups excluding carboxylic acids is 1. The Morgan fingerprint density at radius 1 is 1.17 bits per heavy atom. The third kappa shape index (κ3) is 3.80. The number of rotatable bonds is 5. The molecule has 4 aromatic rings. The summed E-state index contributed by atoms with van der Waals surface area (Å²) in [6.45, 7) is 2.71. The van der Waals surface area contributed by atoms with Crippen molar-refractivity contribution < 1.29 is 4.79 Å². The van der Waals surface area contributed by atoms with Crippen LogP contribution in [-0.4, -0.2) is 32.3 Å². The number of nitrogens with one attached hydrogen (secondary N) is 2. The maximum Gasteiger partial charge on any atom is 0.271 e. The van der Waals surface area contributed by atoms with Crippen LogP contribution in [0.4, 0.5) is 0 Å². The molecule has 0 radical (unpaired) electrons. The number of aromatic amines is 2. The number of halogens is 2. The first kappa shape index (κ1) is 19.7. The summed E-state index contributed by atoms with van der Waals surface area (Å²) >= 11 is 9.58. The summed E-state index contributed by atoms with van der Waals surface area (Å²) < 4.78 is 0.728. The summed E-state index contributed by atoms with van der Waals surface area (Å²) in [5.41, 5.74) is 1.61. The molecule has 0 aliphatic carbocycles. The van der Waals surface area contributed by atoms with Crippen molar-refractivity contribution in [1.82, 2.24) is 19.9 Å². The third-order valence-electron chi connectivity index (χ3n) is 4.70. The van der Waals surface area contributed by atoms with Gasteiger partial charge < -0.3 is 14.9 Å². The summed E-state index contributed by atoms with van der Waals surface area (Å²) in [5.74, 6) is 0.252. The van der Waals surface area contributed by atoms with Crippen LogP contribution < -0.4 is 5.56 Å². The van der Waals surface area contributed by atoms with Gasteiger partial charge in [0, 0.05) is 22.5 Å². The van der Waals surface area contributed by atoms with E-state index >= 15 is 0 Å². The van der Waals surface area contributed by atoms with Gasteiger partial charge in [0.05, 0.1) is 21.9 Å². The van der Waals surface area contributed by atoms with E-state index in [1.165, 1.54) is 0 Å². The molecule has 0 saturated heterocycles. The summed E-state index contributed by atoms with van der Waals surface area (Å²) in [4.78, 5) is 37.8. The molecule has 148 valence electrons. The molecule has 0 bridgehead atoms. The fourth-order valence-electron chi connectivity index (χ4n) is 3.35. The average Bonchev–Trinajstić information content (AvgIpc) is 3.03. The minimum atomic E-state index is -0.252. The molecular formula is C21H18BrClN4O2. The molecule has 29 heavy (non-hydrogen) atoms. The molecular weight excluding hydrogens is 456 g/mol. The number of fused-ring (bicyclic) bond motifs is 2. The van der Waals surface area contributed by atoms with Crippen LogP contribution in [0.25, 0.3) is 21.8 Å². The molecule has 0 aliphatic rings. The molecule has 2 N–H and O–H groups in total. The van der Waals surface area contributed by atoms with Crippen molar-refractivity contribution in [3.63, 3.8) is 0 Å². The van der Waals surface area contributed by atoms with Gasteiger partial charge in [0.1, 0.15) is 11.5 Å². The van der Waals surface area contributed by atoms with E-state index < -0.39 is 0 Å². The quantitative estimate of drug-likeness (QED) is 0.434. The number of aromatic nitrogens is 3. The smallest absolute Gasteiger partial charge is 0.271 e. The van der Waals surface area contributed by atoms with Crippen LogP contribution in [-0.2, 0) is 6.54 Å². The van der Waals surface area contributed by atoms with E-state index in [2.05, 4.69) is 30.9 Å². The number of hydrogen-bond acceptors (Lipinski definition) is 3. The van der Waals surface area contributed by atoms with E-state index in [0.717, 1.165) is 21.8 Å². The molecule has 4 rings (SSSR count). The lowest BCUT2D eigenvalue weighted by atomic mass is 10.2. The van der Waals surface area contributed by atoms with E-state index in [0.29, 0.717) is 34.0 Å². The highest BCUT2D eigenvalue weighted by atomic mass is 79.9. The Kier molecular flexibility index (Phi) is 5.43. The zero-order chi connectivity index (χ0) is 20.5. The summed E-state index contributed by atoms with van der Waals surface area (Å²) in [6.07, 6.45) is 0.771.